The Hall–Kier alpha value is -2.83. The summed E-state index contributed by atoms with van der Waals surface area (Å²) in [6, 6.07) is 13.3. The number of nitrogens with one attached hydrogen (secondary N) is 1. The molecule has 0 unspecified atom stereocenters. The molecule has 0 fully saturated rings. The average molecular weight is 442 g/mol. The number of fused-ring (bicyclic) bond motifs is 1. The van der Waals surface area contributed by atoms with Crippen LogP contribution in [0.25, 0.3) is 10.9 Å². The minimum atomic E-state index is 0.432. The molecule has 0 atom stereocenters. The molecule has 4 aromatic rings. The van der Waals surface area contributed by atoms with E-state index in [2.05, 4.69) is 25.2 Å². The van der Waals surface area contributed by atoms with E-state index in [4.69, 9.17) is 27.6 Å². The fourth-order valence-electron chi connectivity index (χ4n) is 3.27. The fourth-order valence-corrected chi connectivity index (χ4v) is 3.67. The van der Waals surface area contributed by atoms with Crippen LogP contribution in [-0.2, 0) is 6.54 Å². The van der Waals surface area contributed by atoms with Gasteiger partial charge in [-0.05, 0) is 55.8 Å². The van der Waals surface area contributed by atoms with Crippen molar-refractivity contribution in [2.75, 3.05) is 23.3 Å². The maximum atomic E-state index is 6.16. The van der Waals surface area contributed by atoms with Gasteiger partial charge >= 0.3 is 0 Å². The summed E-state index contributed by atoms with van der Waals surface area (Å²) in [5.74, 6) is 1.45. The molecule has 8 heteroatoms. The molecular formula is C22H21Cl2N5O. The largest absolute Gasteiger partial charge is 0.467 e. The van der Waals surface area contributed by atoms with Crippen LogP contribution in [0.1, 0.15) is 17.9 Å². The average Bonchev–Trinajstić information content (AvgIpc) is 3.22. The summed E-state index contributed by atoms with van der Waals surface area (Å²) in [5, 5.41) is 5.65. The molecule has 0 aliphatic heterocycles. The summed E-state index contributed by atoms with van der Waals surface area (Å²) in [5.41, 5.74) is 2.73. The van der Waals surface area contributed by atoms with Crippen LogP contribution < -0.4 is 10.2 Å². The minimum Gasteiger partial charge on any atom is -0.467 e. The molecule has 1 N–H and O–H groups in total. The summed E-state index contributed by atoms with van der Waals surface area (Å²) in [6.45, 7) is 3.99. The first kappa shape index (κ1) is 20.4. The molecule has 0 saturated heterocycles. The number of aryl methyl sites for hydroxylation is 1. The molecule has 4 rings (SSSR count). The molecule has 3 heterocycles. The molecular weight excluding hydrogens is 421 g/mol. The fraction of sp³-hybridized carbons (Fsp3) is 0.227. The predicted molar refractivity (Wildman–Crippen MR) is 121 cm³/mol. The van der Waals surface area contributed by atoms with Crippen molar-refractivity contribution in [3.05, 3.63) is 76.6 Å². The van der Waals surface area contributed by atoms with E-state index in [1.54, 1.807) is 18.5 Å². The number of hydrogen-bond donors (Lipinski definition) is 1. The molecule has 0 aliphatic carbocycles. The number of hydrogen-bond acceptors (Lipinski definition) is 6. The first-order chi connectivity index (χ1) is 14.6. The Labute approximate surface area is 184 Å². The van der Waals surface area contributed by atoms with E-state index in [0.717, 1.165) is 47.6 Å². The van der Waals surface area contributed by atoms with Gasteiger partial charge in [-0.15, -0.1) is 0 Å². The Balaban J connectivity index is 1.44. The summed E-state index contributed by atoms with van der Waals surface area (Å²) in [7, 11) is 0. The molecule has 3 aromatic heterocycles. The zero-order chi connectivity index (χ0) is 20.9. The van der Waals surface area contributed by atoms with E-state index in [-0.39, 0.29) is 0 Å². The topological polar surface area (TPSA) is 67.1 Å². The van der Waals surface area contributed by atoms with Gasteiger partial charge in [0.05, 0.1) is 18.3 Å². The molecule has 0 aliphatic rings. The standard InChI is InChI=1S/C22H21Cl2N5O/c1-15-12-21(24)28-22(27-15)29(14-17-4-2-11-30-17)10-3-8-25-19-7-9-26-20-13-16(23)5-6-18(19)20/h2,4-7,9,11-13H,3,8,10,14H2,1H3,(H,25,26). The van der Waals surface area contributed by atoms with Crippen molar-refractivity contribution in [3.8, 4) is 0 Å². The van der Waals surface area contributed by atoms with Crippen LogP contribution >= 0.6 is 23.2 Å². The monoisotopic (exact) mass is 441 g/mol. The minimum absolute atomic E-state index is 0.432. The summed E-state index contributed by atoms with van der Waals surface area (Å²) >= 11 is 12.2. The quantitative estimate of drug-likeness (QED) is 0.277. The van der Waals surface area contributed by atoms with Crippen molar-refractivity contribution in [1.29, 1.82) is 0 Å². The lowest BCUT2D eigenvalue weighted by atomic mass is 10.2. The Morgan fingerprint density at radius 2 is 2.00 bits per heavy atom. The zero-order valence-electron chi connectivity index (χ0n) is 16.5. The van der Waals surface area contributed by atoms with Crippen LogP contribution in [0.2, 0.25) is 10.2 Å². The number of halogens is 2. The highest BCUT2D eigenvalue weighted by molar-refractivity contribution is 6.31. The van der Waals surface area contributed by atoms with Crippen molar-refractivity contribution < 1.29 is 4.42 Å². The van der Waals surface area contributed by atoms with E-state index in [9.17, 15) is 0 Å². The van der Waals surface area contributed by atoms with Crippen LogP contribution in [0.5, 0.6) is 0 Å². The summed E-state index contributed by atoms with van der Waals surface area (Å²) in [6.07, 6.45) is 4.32. The van der Waals surface area contributed by atoms with E-state index >= 15 is 0 Å². The summed E-state index contributed by atoms with van der Waals surface area (Å²) in [4.78, 5) is 15.4. The molecule has 0 saturated carbocycles. The molecule has 0 radical (unpaired) electrons. The van der Waals surface area contributed by atoms with Gasteiger partial charge in [0.1, 0.15) is 10.9 Å². The predicted octanol–water partition coefficient (Wildman–Crippen LogP) is 5.74. The van der Waals surface area contributed by atoms with Crippen LogP contribution in [0.3, 0.4) is 0 Å². The van der Waals surface area contributed by atoms with Crippen molar-refractivity contribution in [2.45, 2.75) is 19.9 Å². The number of anilines is 2. The maximum Gasteiger partial charge on any atom is 0.227 e. The van der Waals surface area contributed by atoms with Crippen molar-refractivity contribution >= 4 is 45.7 Å². The zero-order valence-corrected chi connectivity index (χ0v) is 18.0. The first-order valence-electron chi connectivity index (χ1n) is 9.65. The SMILES string of the molecule is Cc1cc(Cl)nc(N(CCCNc2ccnc3cc(Cl)ccc23)Cc2ccco2)n1. The van der Waals surface area contributed by atoms with Crippen LogP contribution in [0.4, 0.5) is 11.6 Å². The number of nitrogens with zero attached hydrogens (tertiary/aromatic N) is 4. The molecule has 0 spiro atoms. The Kier molecular flexibility index (Phi) is 6.35. The van der Waals surface area contributed by atoms with E-state index in [1.165, 1.54) is 0 Å². The van der Waals surface area contributed by atoms with Gasteiger partial charge in [0.25, 0.3) is 0 Å². The third-order valence-corrected chi connectivity index (χ3v) is 5.07. The number of pyridine rings is 1. The molecule has 1 aromatic carbocycles. The molecule has 154 valence electrons. The Morgan fingerprint density at radius 3 is 2.80 bits per heavy atom. The van der Waals surface area contributed by atoms with Gasteiger partial charge in [0, 0.05) is 41.1 Å². The Morgan fingerprint density at radius 1 is 1.10 bits per heavy atom. The molecule has 0 amide bonds. The van der Waals surface area contributed by atoms with E-state index in [0.29, 0.717) is 22.7 Å². The van der Waals surface area contributed by atoms with Crippen LogP contribution in [0.15, 0.2) is 59.3 Å². The van der Waals surface area contributed by atoms with Gasteiger partial charge < -0.3 is 14.6 Å². The number of aromatic nitrogens is 3. The molecule has 6 nitrogen and oxygen atoms in total. The number of furan rings is 1. The lowest BCUT2D eigenvalue weighted by Crippen LogP contribution is -2.27. The first-order valence-corrected chi connectivity index (χ1v) is 10.4. The number of benzene rings is 1. The second-order valence-electron chi connectivity index (χ2n) is 6.93. The number of rotatable bonds is 8. The van der Waals surface area contributed by atoms with Crippen molar-refractivity contribution in [2.24, 2.45) is 0 Å². The van der Waals surface area contributed by atoms with E-state index < -0.39 is 0 Å². The van der Waals surface area contributed by atoms with Gasteiger partial charge in [0.15, 0.2) is 0 Å². The van der Waals surface area contributed by atoms with Crippen LogP contribution in [-0.4, -0.2) is 28.0 Å². The van der Waals surface area contributed by atoms with Gasteiger partial charge in [0.2, 0.25) is 5.95 Å². The molecule has 0 bridgehead atoms. The smallest absolute Gasteiger partial charge is 0.227 e. The second kappa shape index (κ2) is 9.32. The van der Waals surface area contributed by atoms with Gasteiger partial charge in [-0.2, -0.15) is 0 Å². The van der Waals surface area contributed by atoms with Gasteiger partial charge in [-0.25, -0.2) is 9.97 Å². The Bertz CT molecular complexity index is 1110. The molecule has 30 heavy (non-hydrogen) atoms. The third-order valence-electron chi connectivity index (χ3n) is 4.65. The van der Waals surface area contributed by atoms with Gasteiger partial charge in [-0.3, -0.25) is 4.98 Å². The van der Waals surface area contributed by atoms with Crippen molar-refractivity contribution in [3.63, 3.8) is 0 Å². The maximum absolute atomic E-state index is 6.16. The lowest BCUT2D eigenvalue weighted by Gasteiger charge is -2.22. The van der Waals surface area contributed by atoms with Crippen LogP contribution in [0, 0.1) is 6.92 Å². The van der Waals surface area contributed by atoms with Gasteiger partial charge in [-0.1, -0.05) is 23.2 Å². The normalized spacial score (nSPS) is 11.0. The van der Waals surface area contributed by atoms with Crippen molar-refractivity contribution in [1.82, 2.24) is 15.0 Å². The highest BCUT2D eigenvalue weighted by Crippen LogP contribution is 2.24. The lowest BCUT2D eigenvalue weighted by molar-refractivity contribution is 0.499. The third kappa shape index (κ3) is 5.01. The van der Waals surface area contributed by atoms with E-state index in [1.807, 2.05) is 43.3 Å². The highest BCUT2D eigenvalue weighted by atomic mass is 35.5. The highest BCUT2D eigenvalue weighted by Gasteiger charge is 2.13. The second-order valence-corrected chi connectivity index (χ2v) is 7.76. The summed E-state index contributed by atoms with van der Waals surface area (Å²) < 4.78 is 5.52.